The van der Waals surface area contributed by atoms with Crippen LogP contribution >= 0.6 is 11.8 Å². The first-order valence-electron chi connectivity index (χ1n) is 11.3. The lowest BCUT2D eigenvalue weighted by Crippen LogP contribution is -2.47. The summed E-state index contributed by atoms with van der Waals surface area (Å²) >= 11 is 1.59. The second-order valence-electron chi connectivity index (χ2n) is 8.03. The molecular weight excluding hydrogens is 495 g/mol. The van der Waals surface area contributed by atoms with E-state index in [-0.39, 0.29) is 17.7 Å². The van der Waals surface area contributed by atoms with E-state index in [1.807, 2.05) is 30.5 Å². The molecular formula is C28H27FN2O5S. The third kappa shape index (κ3) is 8.22. The van der Waals surface area contributed by atoms with Crippen LogP contribution in [-0.2, 0) is 25.5 Å². The first kappa shape index (κ1) is 27.5. The smallest absolute Gasteiger partial charge is 0.328 e. The van der Waals surface area contributed by atoms with Crippen molar-refractivity contribution in [3.05, 3.63) is 95.3 Å². The molecule has 0 saturated carbocycles. The van der Waals surface area contributed by atoms with Crippen molar-refractivity contribution in [3.8, 4) is 5.75 Å². The van der Waals surface area contributed by atoms with Crippen molar-refractivity contribution in [1.82, 2.24) is 10.6 Å². The van der Waals surface area contributed by atoms with Gasteiger partial charge < -0.3 is 20.5 Å². The third-order valence-corrected chi connectivity index (χ3v) is 6.18. The highest BCUT2D eigenvalue weighted by Crippen LogP contribution is 2.21. The summed E-state index contributed by atoms with van der Waals surface area (Å²) in [6.45, 7) is -0.397. The normalized spacial score (nSPS) is 11.9. The van der Waals surface area contributed by atoms with Gasteiger partial charge in [0.2, 0.25) is 5.91 Å². The lowest BCUT2D eigenvalue weighted by Gasteiger charge is -2.17. The van der Waals surface area contributed by atoms with Crippen molar-refractivity contribution in [2.24, 2.45) is 0 Å². The maximum Gasteiger partial charge on any atom is 0.328 e. The Bertz CT molecular complexity index is 1260. The number of benzene rings is 3. The molecule has 9 heteroatoms. The summed E-state index contributed by atoms with van der Waals surface area (Å²) in [6, 6.07) is 18.3. The van der Waals surface area contributed by atoms with Crippen molar-refractivity contribution in [2.75, 3.05) is 19.9 Å². The predicted octanol–water partition coefficient (Wildman–Crippen LogP) is 3.81. The topological polar surface area (TPSA) is 105 Å². The van der Waals surface area contributed by atoms with E-state index in [4.69, 9.17) is 4.74 Å². The molecule has 3 aromatic carbocycles. The van der Waals surface area contributed by atoms with Gasteiger partial charge in [0.1, 0.15) is 17.6 Å². The fraction of sp³-hybridized carbons (Fsp3) is 0.179. The van der Waals surface area contributed by atoms with Gasteiger partial charge in [-0.15, -0.1) is 11.8 Å². The van der Waals surface area contributed by atoms with E-state index >= 15 is 0 Å². The second kappa shape index (κ2) is 13.3. The quantitative estimate of drug-likeness (QED) is 0.162. The Hall–Kier alpha value is -4.11. The number of carbonyl (C=O) groups excluding carboxylic acids is 3. The van der Waals surface area contributed by atoms with Gasteiger partial charge in [0.15, 0.2) is 0 Å². The molecule has 2 amide bonds. The molecule has 3 N–H and O–H groups in total. The van der Waals surface area contributed by atoms with Crippen LogP contribution in [0.2, 0.25) is 0 Å². The van der Waals surface area contributed by atoms with Crippen LogP contribution in [0.4, 0.5) is 4.39 Å². The Morgan fingerprint density at radius 3 is 2.24 bits per heavy atom. The summed E-state index contributed by atoms with van der Waals surface area (Å²) in [6.07, 6.45) is 3.76. The minimum absolute atomic E-state index is 0.0790. The van der Waals surface area contributed by atoms with Gasteiger partial charge in [-0.2, -0.15) is 0 Å². The molecule has 1 unspecified atom stereocenters. The number of methoxy groups -OCH3 is 1. The van der Waals surface area contributed by atoms with Gasteiger partial charge in [0.25, 0.3) is 5.91 Å². The first-order chi connectivity index (χ1) is 17.8. The summed E-state index contributed by atoms with van der Waals surface area (Å²) in [5.74, 6) is -2.13. The number of esters is 1. The number of phenolic OH excluding ortho intramolecular Hbond substituents is 1. The molecule has 7 nitrogen and oxygen atoms in total. The average Bonchev–Trinajstić information content (AvgIpc) is 2.91. The minimum Gasteiger partial charge on any atom is -0.508 e. The fourth-order valence-electron chi connectivity index (χ4n) is 3.48. The monoisotopic (exact) mass is 522 g/mol. The zero-order valence-corrected chi connectivity index (χ0v) is 21.2. The zero-order chi connectivity index (χ0) is 26.8. The van der Waals surface area contributed by atoms with Crippen LogP contribution in [0.5, 0.6) is 5.75 Å². The predicted molar refractivity (Wildman–Crippen MR) is 141 cm³/mol. The van der Waals surface area contributed by atoms with Gasteiger partial charge in [-0.3, -0.25) is 9.59 Å². The van der Waals surface area contributed by atoms with Gasteiger partial charge in [-0.05, 0) is 65.4 Å². The van der Waals surface area contributed by atoms with Crippen molar-refractivity contribution in [3.63, 3.8) is 0 Å². The van der Waals surface area contributed by atoms with E-state index in [1.54, 1.807) is 30.0 Å². The van der Waals surface area contributed by atoms with Crippen molar-refractivity contribution in [1.29, 1.82) is 0 Å². The Labute approximate surface area is 218 Å². The standard InChI is InChI=1S/C28H27FN2O5S/c1-36-28(35)25(16-19-3-11-22(32)12-4-19)31-26(33)17-30-27(34)24(20-7-9-21(29)10-8-20)15-18-5-13-23(37-2)14-6-18/h3-15,25,32H,16-17H2,1-2H3,(H,30,34)(H,31,33)/b24-15-. The minimum atomic E-state index is -0.985. The van der Waals surface area contributed by atoms with E-state index in [0.717, 1.165) is 10.5 Å². The number of hydrogen-bond acceptors (Lipinski definition) is 6. The Morgan fingerprint density at radius 1 is 1.00 bits per heavy atom. The largest absolute Gasteiger partial charge is 0.508 e. The van der Waals surface area contributed by atoms with Gasteiger partial charge in [-0.25, -0.2) is 9.18 Å². The molecule has 0 aliphatic rings. The number of carbonyl (C=O) groups is 3. The van der Waals surface area contributed by atoms with Crippen LogP contribution < -0.4 is 10.6 Å². The van der Waals surface area contributed by atoms with Crippen molar-refractivity contribution in [2.45, 2.75) is 17.4 Å². The summed E-state index contributed by atoms with van der Waals surface area (Å²) in [5, 5.41) is 14.6. The molecule has 0 bridgehead atoms. The van der Waals surface area contributed by atoms with E-state index in [9.17, 15) is 23.9 Å². The maximum absolute atomic E-state index is 13.5. The molecule has 3 aromatic rings. The van der Waals surface area contributed by atoms with E-state index in [2.05, 4.69) is 10.6 Å². The van der Waals surface area contributed by atoms with E-state index in [1.165, 1.54) is 43.5 Å². The fourth-order valence-corrected chi connectivity index (χ4v) is 3.89. The molecule has 0 radical (unpaired) electrons. The molecule has 3 rings (SSSR count). The second-order valence-corrected chi connectivity index (χ2v) is 8.91. The number of halogens is 1. The number of thioether (sulfide) groups is 1. The number of ether oxygens (including phenoxy) is 1. The number of hydrogen-bond donors (Lipinski definition) is 3. The summed E-state index contributed by atoms with van der Waals surface area (Å²) in [4.78, 5) is 39.0. The van der Waals surface area contributed by atoms with Crippen LogP contribution in [0.25, 0.3) is 11.6 Å². The number of phenols is 1. The van der Waals surface area contributed by atoms with Crippen LogP contribution in [0.3, 0.4) is 0 Å². The summed E-state index contributed by atoms with van der Waals surface area (Å²) in [7, 11) is 1.21. The number of aromatic hydroxyl groups is 1. The molecule has 0 fully saturated rings. The Kier molecular flexibility index (Phi) is 9.85. The summed E-state index contributed by atoms with van der Waals surface area (Å²) in [5.41, 5.74) is 2.19. The van der Waals surface area contributed by atoms with E-state index in [0.29, 0.717) is 11.1 Å². The third-order valence-electron chi connectivity index (χ3n) is 5.43. The van der Waals surface area contributed by atoms with Crippen LogP contribution in [0.15, 0.2) is 77.7 Å². The lowest BCUT2D eigenvalue weighted by molar-refractivity contribution is -0.144. The van der Waals surface area contributed by atoms with E-state index < -0.39 is 36.2 Å². The number of amides is 2. The number of nitrogens with one attached hydrogen (secondary N) is 2. The molecule has 0 saturated heterocycles. The highest BCUT2D eigenvalue weighted by atomic mass is 32.2. The SMILES string of the molecule is COC(=O)C(Cc1ccc(O)cc1)NC(=O)CNC(=O)/C(=C\c1ccc(SC)cc1)c1ccc(F)cc1. The number of rotatable bonds is 10. The molecule has 192 valence electrons. The molecule has 0 spiro atoms. The average molecular weight is 523 g/mol. The van der Waals surface area contributed by atoms with Gasteiger partial charge in [0.05, 0.1) is 13.7 Å². The van der Waals surface area contributed by atoms with Gasteiger partial charge >= 0.3 is 5.97 Å². The van der Waals surface area contributed by atoms with Crippen molar-refractivity contribution >= 4 is 41.2 Å². The first-order valence-corrected chi connectivity index (χ1v) is 12.6. The molecule has 0 heterocycles. The Balaban J connectivity index is 1.72. The zero-order valence-electron chi connectivity index (χ0n) is 20.4. The van der Waals surface area contributed by atoms with Gasteiger partial charge in [-0.1, -0.05) is 36.4 Å². The van der Waals surface area contributed by atoms with Gasteiger partial charge in [0, 0.05) is 16.9 Å². The lowest BCUT2D eigenvalue weighted by atomic mass is 10.0. The Morgan fingerprint density at radius 2 is 1.65 bits per heavy atom. The molecule has 1 atom stereocenters. The molecule has 0 aromatic heterocycles. The maximum atomic E-state index is 13.5. The highest BCUT2D eigenvalue weighted by molar-refractivity contribution is 7.98. The molecule has 0 aliphatic carbocycles. The highest BCUT2D eigenvalue weighted by Gasteiger charge is 2.23. The van der Waals surface area contributed by atoms with Crippen LogP contribution in [0.1, 0.15) is 16.7 Å². The van der Waals surface area contributed by atoms with Crippen LogP contribution in [-0.4, -0.2) is 48.8 Å². The van der Waals surface area contributed by atoms with Crippen LogP contribution in [0, 0.1) is 5.82 Å². The summed E-state index contributed by atoms with van der Waals surface area (Å²) < 4.78 is 18.3. The molecule has 0 aliphatic heterocycles. The molecule has 37 heavy (non-hydrogen) atoms. The van der Waals surface area contributed by atoms with Crippen molar-refractivity contribution < 1.29 is 28.6 Å².